The van der Waals surface area contributed by atoms with E-state index in [-0.39, 0.29) is 6.61 Å². The van der Waals surface area contributed by atoms with Gasteiger partial charge in [0.15, 0.2) is 6.29 Å². The van der Waals surface area contributed by atoms with Gasteiger partial charge in [0.25, 0.3) is 0 Å². The minimum atomic E-state index is -2.11. The lowest BCUT2D eigenvalue weighted by Gasteiger charge is -2.11. The molecule has 1 aromatic rings. The van der Waals surface area contributed by atoms with Crippen LogP contribution in [0.1, 0.15) is 0 Å². The summed E-state index contributed by atoms with van der Waals surface area (Å²) in [7, 11) is -2.11. The summed E-state index contributed by atoms with van der Waals surface area (Å²) < 4.78 is 9.55. The molecule has 0 heterocycles. The van der Waals surface area contributed by atoms with Crippen LogP contribution in [0.4, 0.5) is 0 Å². The van der Waals surface area contributed by atoms with E-state index >= 15 is 0 Å². The van der Waals surface area contributed by atoms with Crippen molar-refractivity contribution in [3.05, 3.63) is 30.3 Å². The number of hydrogen-bond acceptors (Lipinski definition) is 5. The molecule has 78 valence electrons. The summed E-state index contributed by atoms with van der Waals surface area (Å²) in [6.45, 7) is -0.380. The SMILES string of the molecule is OC(O)COP(O)Oc1ccccc1. The van der Waals surface area contributed by atoms with Crippen LogP contribution in [0.3, 0.4) is 0 Å². The number of aliphatic hydroxyl groups is 2. The molecule has 0 aliphatic rings. The van der Waals surface area contributed by atoms with Gasteiger partial charge in [-0.15, -0.1) is 0 Å². The molecule has 5 nitrogen and oxygen atoms in total. The van der Waals surface area contributed by atoms with Crippen molar-refractivity contribution >= 4 is 8.60 Å². The second-order valence-electron chi connectivity index (χ2n) is 2.42. The topological polar surface area (TPSA) is 79.2 Å². The van der Waals surface area contributed by atoms with Crippen LogP contribution in [0.2, 0.25) is 0 Å². The molecule has 0 aliphatic carbocycles. The molecule has 0 aliphatic heterocycles. The van der Waals surface area contributed by atoms with E-state index in [9.17, 15) is 0 Å². The smallest absolute Gasteiger partial charge is 0.394 e. The van der Waals surface area contributed by atoms with E-state index in [2.05, 4.69) is 4.52 Å². The first kappa shape index (κ1) is 11.4. The van der Waals surface area contributed by atoms with E-state index in [0.717, 1.165) is 0 Å². The zero-order valence-corrected chi connectivity index (χ0v) is 8.17. The van der Waals surface area contributed by atoms with Gasteiger partial charge in [0.1, 0.15) is 12.4 Å². The van der Waals surface area contributed by atoms with Crippen molar-refractivity contribution in [1.29, 1.82) is 0 Å². The van der Waals surface area contributed by atoms with Crippen LogP contribution in [0.5, 0.6) is 5.75 Å². The molecule has 3 N–H and O–H groups in total. The van der Waals surface area contributed by atoms with Gasteiger partial charge in [0.2, 0.25) is 0 Å². The van der Waals surface area contributed by atoms with E-state index in [1.807, 2.05) is 6.07 Å². The maximum Gasteiger partial charge on any atom is 0.394 e. The van der Waals surface area contributed by atoms with E-state index in [4.69, 9.17) is 19.6 Å². The molecule has 1 rings (SSSR count). The fourth-order valence-electron chi connectivity index (χ4n) is 0.728. The van der Waals surface area contributed by atoms with E-state index < -0.39 is 14.9 Å². The number of para-hydroxylation sites is 1. The van der Waals surface area contributed by atoms with Gasteiger partial charge < -0.3 is 19.6 Å². The molecule has 0 saturated carbocycles. The number of aliphatic hydroxyl groups excluding tert-OH is 1. The lowest BCUT2D eigenvalue weighted by Crippen LogP contribution is -2.12. The molecule has 0 fully saturated rings. The van der Waals surface area contributed by atoms with Crippen LogP contribution in [0.15, 0.2) is 30.3 Å². The lowest BCUT2D eigenvalue weighted by molar-refractivity contribution is -0.0697. The largest absolute Gasteiger partial charge is 0.427 e. The van der Waals surface area contributed by atoms with Gasteiger partial charge in [-0.1, -0.05) is 18.2 Å². The number of benzene rings is 1. The monoisotopic (exact) mass is 218 g/mol. The van der Waals surface area contributed by atoms with E-state index in [1.54, 1.807) is 24.3 Å². The highest BCUT2D eigenvalue weighted by atomic mass is 31.2. The first-order valence-corrected chi connectivity index (χ1v) is 5.02. The van der Waals surface area contributed by atoms with Crippen molar-refractivity contribution < 1.29 is 24.2 Å². The van der Waals surface area contributed by atoms with Crippen molar-refractivity contribution in [2.45, 2.75) is 6.29 Å². The Balaban J connectivity index is 2.30. The van der Waals surface area contributed by atoms with Gasteiger partial charge in [-0.3, -0.25) is 4.52 Å². The Hall–Kier alpha value is -0.710. The van der Waals surface area contributed by atoms with Gasteiger partial charge in [0.05, 0.1) is 0 Å². The summed E-state index contributed by atoms with van der Waals surface area (Å²) in [5, 5.41) is 16.9. The van der Waals surface area contributed by atoms with Crippen molar-refractivity contribution in [2.75, 3.05) is 6.61 Å². The van der Waals surface area contributed by atoms with Crippen LogP contribution in [-0.2, 0) is 4.52 Å². The summed E-state index contributed by atoms with van der Waals surface area (Å²) in [5.74, 6) is 0.466. The molecule has 0 bridgehead atoms. The molecule has 1 aromatic carbocycles. The van der Waals surface area contributed by atoms with E-state index in [1.165, 1.54) is 0 Å². The molecule has 0 spiro atoms. The fraction of sp³-hybridized carbons (Fsp3) is 0.250. The average Bonchev–Trinajstić information content (AvgIpc) is 2.16. The second-order valence-corrected chi connectivity index (χ2v) is 3.34. The van der Waals surface area contributed by atoms with Crippen LogP contribution in [-0.4, -0.2) is 28.0 Å². The molecular formula is C8H11O5P. The third-order valence-corrected chi connectivity index (χ3v) is 2.00. The molecule has 0 aromatic heterocycles. The van der Waals surface area contributed by atoms with Gasteiger partial charge in [-0.2, -0.15) is 0 Å². The van der Waals surface area contributed by atoms with Crippen molar-refractivity contribution in [3.63, 3.8) is 0 Å². The standard InChI is InChI=1S/C8H11O5P/c9-8(10)6-12-14(11)13-7-4-2-1-3-5-7/h1-5,8-11H,6H2. The summed E-state index contributed by atoms with van der Waals surface area (Å²) in [6.07, 6.45) is -1.61. The first-order valence-electron chi connectivity index (χ1n) is 3.89. The van der Waals surface area contributed by atoms with Crippen molar-refractivity contribution in [3.8, 4) is 5.75 Å². The predicted molar refractivity (Wildman–Crippen MR) is 50.4 cm³/mol. The van der Waals surface area contributed by atoms with Crippen molar-refractivity contribution in [2.24, 2.45) is 0 Å². The van der Waals surface area contributed by atoms with Crippen molar-refractivity contribution in [1.82, 2.24) is 0 Å². The highest BCUT2D eigenvalue weighted by molar-refractivity contribution is 7.41. The van der Waals surface area contributed by atoms with Crippen LogP contribution < -0.4 is 4.52 Å². The third kappa shape index (κ3) is 4.50. The molecule has 0 amide bonds. The van der Waals surface area contributed by atoms with Crippen LogP contribution in [0.25, 0.3) is 0 Å². The molecular weight excluding hydrogens is 207 g/mol. The Morgan fingerprint density at radius 1 is 1.21 bits per heavy atom. The van der Waals surface area contributed by atoms with Crippen LogP contribution >= 0.6 is 8.60 Å². The molecule has 1 unspecified atom stereocenters. The zero-order valence-electron chi connectivity index (χ0n) is 7.28. The Kier molecular flexibility index (Phi) is 4.79. The predicted octanol–water partition coefficient (Wildman–Crippen LogP) is 0.612. The molecule has 0 radical (unpaired) electrons. The molecule has 14 heavy (non-hydrogen) atoms. The van der Waals surface area contributed by atoms with Gasteiger partial charge in [-0.05, 0) is 12.1 Å². The Morgan fingerprint density at radius 3 is 2.43 bits per heavy atom. The highest BCUT2D eigenvalue weighted by Crippen LogP contribution is 2.34. The van der Waals surface area contributed by atoms with Crippen LogP contribution in [0, 0.1) is 0 Å². The van der Waals surface area contributed by atoms with Gasteiger partial charge in [0, 0.05) is 0 Å². The maximum absolute atomic E-state index is 9.15. The lowest BCUT2D eigenvalue weighted by atomic mass is 10.3. The number of rotatable bonds is 5. The number of hydrogen-bond donors (Lipinski definition) is 3. The average molecular weight is 218 g/mol. The molecule has 1 atom stereocenters. The summed E-state index contributed by atoms with van der Waals surface area (Å²) in [5.41, 5.74) is 0. The minimum absolute atomic E-state index is 0.380. The summed E-state index contributed by atoms with van der Waals surface area (Å²) in [4.78, 5) is 9.15. The normalized spacial score (nSPS) is 12.9. The fourth-order valence-corrected chi connectivity index (χ4v) is 1.34. The van der Waals surface area contributed by atoms with Gasteiger partial charge >= 0.3 is 8.60 Å². The molecule has 0 saturated heterocycles. The van der Waals surface area contributed by atoms with E-state index in [0.29, 0.717) is 5.75 Å². The zero-order chi connectivity index (χ0) is 10.4. The second kappa shape index (κ2) is 5.90. The minimum Gasteiger partial charge on any atom is -0.427 e. The first-order chi connectivity index (χ1) is 6.68. The highest BCUT2D eigenvalue weighted by Gasteiger charge is 2.10. The summed E-state index contributed by atoms with van der Waals surface area (Å²) in [6, 6.07) is 8.62. The molecule has 6 heteroatoms. The maximum atomic E-state index is 9.15. The third-order valence-electron chi connectivity index (χ3n) is 1.26. The van der Waals surface area contributed by atoms with Gasteiger partial charge in [-0.25, -0.2) is 0 Å². The quantitative estimate of drug-likeness (QED) is 0.498. The Labute approximate surface area is 82.5 Å². The Morgan fingerprint density at radius 2 is 1.86 bits per heavy atom. The Bertz CT molecular complexity index is 253. The summed E-state index contributed by atoms with van der Waals surface area (Å²) >= 11 is 0.